The highest BCUT2D eigenvalue weighted by molar-refractivity contribution is 5.76. The lowest BCUT2D eigenvalue weighted by molar-refractivity contribution is -0.143. The molecule has 0 spiro atoms. The number of rotatable bonds is 7. The number of aliphatic carboxylic acids is 1. The summed E-state index contributed by atoms with van der Waals surface area (Å²) < 4.78 is 5.42. The summed E-state index contributed by atoms with van der Waals surface area (Å²) in [6.45, 7) is 6.27. The van der Waals surface area contributed by atoms with Crippen LogP contribution in [0.5, 0.6) is 0 Å². The molecule has 1 aliphatic rings. The lowest BCUT2D eigenvalue weighted by Crippen LogP contribution is -2.47. The molecular formula is C14H26N2O4. The van der Waals surface area contributed by atoms with Crippen LogP contribution in [-0.2, 0) is 9.53 Å². The van der Waals surface area contributed by atoms with Crippen molar-refractivity contribution in [3.63, 3.8) is 0 Å². The van der Waals surface area contributed by atoms with Gasteiger partial charge in [0.05, 0.1) is 12.0 Å². The van der Waals surface area contributed by atoms with E-state index < -0.39 is 11.9 Å². The van der Waals surface area contributed by atoms with Gasteiger partial charge in [-0.1, -0.05) is 0 Å². The van der Waals surface area contributed by atoms with Crippen molar-refractivity contribution in [2.24, 2.45) is 5.92 Å². The lowest BCUT2D eigenvalue weighted by atomic mass is 9.99. The summed E-state index contributed by atoms with van der Waals surface area (Å²) >= 11 is 0. The van der Waals surface area contributed by atoms with Crippen molar-refractivity contribution in [3.05, 3.63) is 0 Å². The maximum absolute atomic E-state index is 11.9. The minimum absolute atomic E-state index is 0.152. The quantitative estimate of drug-likeness (QED) is 0.698. The second-order valence-corrected chi connectivity index (χ2v) is 5.48. The third kappa shape index (κ3) is 6.23. The largest absolute Gasteiger partial charge is 0.481 e. The van der Waals surface area contributed by atoms with Crippen molar-refractivity contribution in [2.75, 3.05) is 26.2 Å². The molecule has 6 heteroatoms. The summed E-state index contributed by atoms with van der Waals surface area (Å²) in [5, 5.41) is 11.8. The van der Waals surface area contributed by atoms with E-state index >= 15 is 0 Å². The first-order chi connectivity index (χ1) is 9.50. The van der Waals surface area contributed by atoms with Gasteiger partial charge in [-0.3, -0.25) is 4.79 Å². The summed E-state index contributed by atoms with van der Waals surface area (Å²) in [7, 11) is 0. The number of carboxylic acids is 1. The minimum Gasteiger partial charge on any atom is -0.481 e. The van der Waals surface area contributed by atoms with Gasteiger partial charge in [0.15, 0.2) is 0 Å². The number of likely N-dealkylation sites (tertiary alicyclic amines) is 1. The van der Waals surface area contributed by atoms with E-state index in [1.54, 1.807) is 4.90 Å². The van der Waals surface area contributed by atoms with E-state index in [4.69, 9.17) is 9.84 Å². The van der Waals surface area contributed by atoms with E-state index in [0.29, 0.717) is 32.7 Å². The van der Waals surface area contributed by atoms with Crippen LogP contribution >= 0.6 is 0 Å². The summed E-state index contributed by atoms with van der Waals surface area (Å²) in [6.07, 6.45) is 3.44. The number of hydrogen-bond donors (Lipinski definition) is 2. The fourth-order valence-corrected chi connectivity index (χ4v) is 2.22. The van der Waals surface area contributed by atoms with Gasteiger partial charge in [-0.25, -0.2) is 4.79 Å². The van der Waals surface area contributed by atoms with Gasteiger partial charge in [-0.15, -0.1) is 0 Å². The van der Waals surface area contributed by atoms with Crippen LogP contribution in [0.2, 0.25) is 0 Å². The zero-order chi connectivity index (χ0) is 15.0. The highest BCUT2D eigenvalue weighted by Crippen LogP contribution is 2.16. The predicted octanol–water partition coefficient (Wildman–Crippen LogP) is 1.70. The van der Waals surface area contributed by atoms with Crippen LogP contribution in [-0.4, -0.2) is 54.4 Å². The number of nitrogens with one attached hydrogen (secondary N) is 1. The van der Waals surface area contributed by atoms with E-state index in [-0.39, 0.29) is 12.1 Å². The highest BCUT2D eigenvalue weighted by atomic mass is 16.5. The topological polar surface area (TPSA) is 78.9 Å². The minimum atomic E-state index is -0.812. The van der Waals surface area contributed by atoms with Crippen molar-refractivity contribution >= 4 is 12.0 Å². The molecule has 0 aromatic carbocycles. The molecule has 2 amide bonds. The van der Waals surface area contributed by atoms with Crippen molar-refractivity contribution in [3.8, 4) is 0 Å². The van der Waals surface area contributed by atoms with Crippen LogP contribution in [0.1, 0.15) is 39.5 Å². The van der Waals surface area contributed by atoms with Gasteiger partial charge in [0.2, 0.25) is 0 Å². The Morgan fingerprint density at radius 2 is 2.15 bits per heavy atom. The number of urea groups is 1. The maximum Gasteiger partial charge on any atom is 0.317 e. The Kier molecular flexibility index (Phi) is 7.36. The molecule has 0 aromatic heterocycles. The number of ether oxygens (including phenoxy) is 1. The van der Waals surface area contributed by atoms with Crippen LogP contribution in [0.15, 0.2) is 0 Å². The molecule has 1 rings (SSSR count). The Bertz CT molecular complexity index is 320. The molecule has 0 radical (unpaired) electrons. The second-order valence-electron chi connectivity index (χ2n) is 5.48. The molecule has 6 nitrogen and oxygen atoms in total. The van der Waals surface area contributed by atoms with Crippen molar-refractivity contribution < 1.29 is 19.4 Å². The third-order valence-electron chi connectivity index (χ3n) is 3.36. The fraction of sp³-hybridized carbons (Fsp3) is 0.857. The van der Waals surface area contributed by atoms with Gasteiger partial charge in [0.25, 0.3) is 0 Å². The normalized spacial score (nSPS) is 19.1. The first-order valence-electron chi connectivity index (χ1n) is 7.38. The SMILES string of the molecule is CC(C)OCCCCNC(=O)N1CCC[C@H](C(=O)O)C1. The number of amides is 2. The number of carboxylic acid groups (broad SMARTS) is 1. The monoisotopic (exact) mass is 286 g/mol. The summed E-state index contributed by atoms with van der Waals surface area (Å²) in [4.78, 5) is 24.4. The number of unbranched alkanes of at least 4 members (excludes halogenated alkanes) is 1. The zero-order valence-corrected chi connectivity index (χ0v) is 12.4. The molecule has 0 bridgehead atoms. The van der Waals surface area contributed by atoms with E-state index in [1.165, 1.54) is 0 Å². The summed E-state index contributed by atoms with van der Waals surface area (Å²) in [5.74, 6) is -1.23. The number of carbonyl (C=O) groups is 2. The van der Waals surface area contributed by atoms with Crippen LogP contribution < -0.4 is 5.32 Å². The highest BCUT2D eigenvalue weighted by Gasteiger charge is 2.27. The fourth-order valence-electron chi connectivity index (χ4n) is 2.22. The Balaban J connectivity index is 2.14. The number of piperidine rings is 1. The first-order valence-corrected chi connectivity index (χ1v) is 7.38. The van der Waals surface area contributed by atoms with Crippen molar-refractivity contribution in [1.29, 1.82) is 0 Å². The van der Waals surface area contributed by atoms with Crippen LogP contribution in [0.25, 0.3) is 0 Å². The van der Waals surface area contributed by atoms with Gasteiger partial charge in [0, 0.05) is 26.2 Å². The molecule has 20 heavy (non-hydrogen) atoms. The molecule has 0 unspecified atom stereocenters. The Morgan fingerprint density at radius 1 is 1.40 bits per heavy atom. The number of hydrogen-bond acceptors (Lipinski definition) is 3. The maximum atomic E-state index is 11.9. The van der Waals surface area contributed by atoms with Gasteiger partial charge in [-0.2, -0.15) is 0 Å². The Hall–Kier alpha value is -1.30. The molecule has 0 saturated carbocycles. The molecule has 1 fully saturated rings. The number of carbonyl (C=O) groups excluding carboxylic acids is 1. The van der Waals surface area contributed by atoms with E-state index in [1.807, 2.05) is 13.8 Å². The molecule has 1 atom stereocenters. The molecular weight excluding hydrogens is 260 g/mol. The second kappa shape index (κ2) is 8.79. The van der Waals surface area contributed by atoms with Gasteiger partial charge >= 0.3 is 12.0 Å². The molecule has 0 aromatic rings. The Labute approximate surface area is 120 Å². The molecule has 116 valence electrons. The standard InChI is InChI=1S/C14H26N2O4/c1-11(2)20-9-4-3-7-15-14(19)16-8-5-6-12(10-16)13(17)18/h11-12H,3-10H2,1-2H3,(H,15,19)(H,17,18)/t12-/m0/s1. The Morgan fingerprint density at radius 3 is 2.80 bits per heavy atom. The molecule has 1 saturated heterocycles. The van der Waals surface area contributed by atoms with Crippen molar-refractivity contribution in [2.45, 2.75) is 45.6 Å². The van der Waals surface area contributed by atoms with Crippen LogP contribution in [0.4, 0.5) is 4.79 Å². The van der Waals surface area contributed by atoms with E-state index in [2.05, 4.69) is 5.32 Å². The summed E-state index contributed by atoms with van der Waals surface area (Å²) in [5.41, 5.74) is 0. The lowest BCUT2D eigenvalue weighted by Gasteiger charge is -2.30. The van der Waals surface area contributed by atoms with E-state index in [0.717, 1.165) is 19.3 Å². The van der Waals surface area contributed by atoms with Crippen LogP contribution in [0.3, 0.4) is 0 Å². The molecule has 0 aliphatic carbocycles. The van der Waals surface area contributed by atoms with Gasteiger partial charge in [0.1, 0.15) is 0 Å². The van der Waals surface area contributed by atoms with Crippen LogP contribution in [0, 0.1) is 5.92 Å². The predicted molar refractivity (Wildman–Crippen MR) is 75.7 cm³/mol. The van der Waals surface area contributed by atoms with Gasteiger partial charge in [-0.05, 0) is 39.5 Å². The average molecular weight is 286 g/mol. The zero-order valence-electron chi connectivity index (χ0n) is 12.4. The summed E-state index contributed by atoms with van der Waals surface area (Å²) in [6, 6.07) is -0.152. The molecule has 2 N–H and O–H groups in total. The smallest absolute Gasteiger partial charge is 0.317 e. The molecule has 1 heterocycles. The van der Waals surface area contributed by atoms with Gasteiger partial charge < -0.3 is 20.1 Å². The molecule has 1 aliphatic heterocycles. The number of nitrogens with zero attached hydrogens (tertiary/aromatic N) is 1. The third-order valence-corrected chi connectivity index (χ3v) is 3.36. The van der Waals surface area contributed by atoms with E-state index in [9.17, 15) is 9.59 Å². The first kappa shape index (κ1) is 16.8. The average Bonchev–Trinajstić information content (AvgIpc) is 2.42. The van der Waals surface area contributed by atoms with Crippen molar-refractivity contribution in [1.82, 2.24) is 10.2 Å².